The van der Waals surface area contributed by atoms with E-state index in [4.69, 9.17) is 4.74 Å². The third-order valence-electron chi connectivity index (χ3n) is 4.60. The number of amides is 1. The summed E-state index contributed by atoms with van der Waals surface area (Å²) < 4.78 is 5.81. The van der Waals surface area contributed by atoms with Crippen molar-refractivity contribution in [1.29, 1.82) is 0 Å². The third-order valence-corrected chi connectivity index (χ3v) is 4.60. The lowest BCUT2D eigenvalue weighted by molar-refractivity contribution is 0.0119. The van der Waals surface area contributed by atoms with Gasteiger partial charge in [0.15, 0.2) is 0 Å². The Balaban J connectivity index is 1.58. The summed E-state index contributed by atoms with van der Waals surface area (Å²) in [6.07, 6.45) is 3.14. The van der Waals surface area contributed by atoms with Crippen molar-refractivity contribution in [3.63, 3.8) is 0 Å². The minimum Gasteiger partial charge on any atom is -0.394 e. The predicted octanol–water partition coefficient (Wildman–Crippen LogP) is 3.44. The minimum atomic E-state index is -0.490. The Hall–Kier alpha value is -3.02. The number of carbonyl (C=O) groups is 1. The molecule has 1 aromatic heterocycles. The third kappa shape index (κ3) is 5.25. The van der Waals surface area contributed by atoms with Gasteiger partial charge in [0, 0.05) is 18.0 Å². The Morgan fingerprint density at radius 1 is 1.00 bits per heavy atom. The van der Waals surface area contributed by atoms with E-state index in [-0.39, 0.29) is 18.6 Å². The number of nitrogens with zero attached hydrogens (tertiary/aromatic N) is 1. The number of aromatic nitrogens is 1. The molecule has 1 amide bonds. The molecule has 0 saturated carbocycles. The van der Waals surface area contributed by atoms with Gasteiger partial charge in [0.25, 0.3) is 5.91 Å². The molecule has 2 unspecified atom stereocenters. The maximum atomic E-state index is 12.6. The molecule has 0 bridgehead atoms. The normalized spacial score (nSPS) is 12.9. The first-order chi connectivity index (χ1) is 13.7. The van der Waals surface area contributed by atoms with E-state index in [9.17, 15) is 9.90 Å². The second kappa shape index (κ2) is 9.78. The van der Waals surface area contributed by atoms with Crippen LogP contribution in [-0.2, 0) is 11.3 Å². The fourth-order valence-electron chi connectivity index (χ4n) is 2.84. The Labute approximate surface area is 165 Å². The molecule has 5 heteroatoms. The van der Waals surface area contributed by atoms with Crippen LogP contribution in [-0.4, -0.2) is 34.8 Å². The van der Waals surface area contributed by atoms with Crippen LogP contribution in [0.15, 0.2) is 79.1 Å². The molecule has 0 radical (unpaired) electrons. The number of ether oxygens (including phenoxy) is 1. The first-order valence-corrected chi connectivity index (χ1v) is 9.25. The van der Waals surface area contributed by atoms with Gasteiger partial charge in [0.2, 0.25) is 0 Å². The zero-order valence-corrected chi connectivity index (χ0v) is 15.8. The highest BCUT2D eigenvalue weighted by molar-refractivity contribution is 5.94. The summed E-state index contributed by atoms with van der Waals surface area (Å²) in [4.78, 5) is 16.6. The Bertz CT molecular complexity index is 867. The maximum absolute atomic E-state index is 12.6. The van der Waals surface area contributed by atoms with Crippen molar-refractivity contribution >= 4 is 5.91 Å². The van der Waals surface area contributed by atoms with Crippen LogP contribution in [0.2, 0.25) is 0 Å². The van der Waals surface area contributed by atoms with Gasteiger partial charge in [-0.3, -0.25) is 9.78 Å². The number of pyridine rings is 1. The summed E-state index contributed by atoms with van der Waals surface area (Å²) in [6.45, 7) is 2.07. The standard InChI is InChI=1S/C23H24N2O3/c1-17(28-16-18-5-3-2-4-6-18)22(15-26)25-23(27)21-9-7-19(8-10-21)20-11-13-24-14-12-20/h2-14,17,22,26H,15-16H2,1H3,(H,25,27). The molecule has 0 aliphatic rings. The molecule has 1 heterocycles. The number of aliphatic hydroxyl groups is 1. The van der Waals surface area contributed by atoms with Crippen LogP contribution < -0.4 is 5.32 Å². The van der Waals surface area contributed by atoms with Crippen molar-refractivity contribution in [3.05, 3.63) is 90.3 Å². The van der Waals surface area contributed by atoms with E-state index in [0.717, 1.165) is 16.7 Å². The van der Waals surface area contributed by atoms with Gasteiger partial charge in [-0.05, 0) is 47.9 Å². The second-order valence-corrected chi connectivity index (χ2v) is 6.58. The molecule has 2 aromatic carbocycles. The summed E-state index contributed by atoms with van der Waals surface area (Å²) in [5.74, 6) is -0.240. The average molecular weight is 376 g/mol. The van der Waals surface area contributed by atoms with E-state index in [0.29, 0.717) is 12.2 Å². The predicted molar refractivity (Wildman–Crippen MR) is 109 cm³/mol. The molecule has 0 aliphatic carbocycles. The van der Waals surface area contributed by atoms with Crippen molar-refractivity contribution < 1.29 is 14.6 Å². The SMILES string of the molecule is CC(OCc1ccccc1)C(CO)NC(=O)c1ccc(-c2ccncc2)cc1. The number of carbonyl (C=O) groups excluding carboxylic acids is 1. The van der Waals surface area contributed by atoms with Crippen LogP contribution in [0.25, 0.3) is 11.1 Å². The molecule has 0 saturated heterocycles. The summed E-state index contributed by atoms with van der Waals surface area (Å²) >= 11 is 0. The van der Waals surface area contributed by atoms with Gasteiger partial charge >= 0.3 is 0 Å². The van der Waals surface area contributed by atoms with Gasteiger partial charge < -0.3 is 15.2 Å². The Kier molecular flexibility index (Phi) is 6.89. The van der Waals surface area contributed by atoms with Crippen LogP contribution in [0, 0.1) is 0 Å². The molecule has 3 aromatic rings. The maximum Gasteiger partial charge on any atom is 0.251 e. The van der Waals surface area contributed by atoms with E-state index in [2.05, 4.69) is 10.3 Å². The van der Waals surface area contributed by atoms with E-state index in [1.807, 2.05) is 61.5 Å². The van der Waals surface area contributed by atoms with E-state index in [1.165, 1.54) is 0 Å². The topological polar surface area (TPSA) is 71.5 Å². The van der Waals surface area contributed by atoms with Crippen molar-refractivity contribution in [1.82, 2.24) is 10.3 Å². The molecule has 2 N–H and O–H groups in total. The lowest BCUT2D eigenvalue weighted by Crippen LogP contribution is -2.45. The van der Waals surface area contributed by atoms with Crippen LogP contribution in [0.1, 0.15) is 22.8 Å². The quantitative estimate of drug-likeness (QED) is 0.632. The number of benzene rings is 2. The number of aliphatic hydroxyl groups excluding tert-OH is 1. The van der Waals surface area contributed by atoms with Crippen molar-refractivity contribution in [3.8, 4) is 11.1 Å². The average Bonchev–Trinajstić information content (AvgIpc) is 2.77. The molecule has 0 spiro atoms. The van der Waals surface area contributed by atoms with Gasteiger partial charge in [-0.25, -0.2) is 0 Å². The number of hydrogen-bond acceptors (Lipinski definition) is 4. The monoisotopic (exact) mass is 376 g/mol. The van der Waals surface area contributed by atoms with Gasteiger partial charge in [0.1, 0.15) is 0 Å². The zero-order chi connectivity index (χ0) is 19.8. The lowest BCUT2D eigenvalue weighted by Gasteiger charge is -2.23. The van der Waals surface area contributed by atoms with Gasteiger partial charge in [-0.15, -0.1) is 0 Å². The van der Waals surface area contributed by atoms with Crippen molar-refractivity contribution in [2.75, 3.05) is 6.61 Å². The highest BCUT2D eigenvalue weighted by Gasteiger charge is 2.20. The van der Waals surface area contributed by atoms with Crippen LogP contribution in [0.5, 0.6) is 0 Å². The highest BCUT2D eigenvalue weighted by atomic mass is 16.5. The Morgan fingerprint density at radius 2 is 1.64 bits per heavy atom. The molecule has 5 nitrogen and oxygen atoms in total. The molecule has 2 atom stereocenters. The molecular formula is C23H24N2O3. The largest absolute Gasteiger partial charge is 0.394 e. The highest BCUT2D eigenvalue weighted by Crippen LogP contribution is 2.18. The van der Waals surface area contributed by atoms with E-state index >= 15 is 0 Å². The molecule has 144 valence electrons. The van der Waals surface area contributed by atoms with Gasteiger partial charge in [-0.2, -0.15) is 0 Å². The van der Waals surface area contributed by atoms with E-state index in [1.54, 1.807) is 24.5 Å². The van der Waals surface area contributed by atoms with Gasteiger partial charge in [0.05, 0.1) is 25.4 Å². The van der Waals surface area contributed by atoms with E-state index < -0.39 is 6.04 Å². The smallest absolute Gasteiger partial charge is 0.251 e. The summed E-state index contributed by atoms with van der Waals surface area (Å²) in [5, 5.41) is 12.5. The molecule has 0 fully saturated rings. The van der Waals surface area contributed by atoms with Crippen molar-refractivity contribution in [2.24, 2.45) is 0 Å². The first kappa shape index (κ1) is 19.7. The second-order valence-electron chi connectivity index (χ2n) is 6.58. The molecule has 28 heavy (non-hydrogen) atoms. The van der Waals surface area contributed by atoms with Crippen LogP contribution in [0.4, 0.5) is 0 Å². The fraction of sp³-hybridized carbons (Fsp3) is 0.217. The summed E-state index contributed by atoms with van der Waals surface area (Å²) in [5.41, 5.74) is 3.63. The van der Waals surface area contributed by atoms with Gasteiger partial charge in [-0.1, -0.05) is 42.5 Å². The Morgan fingerprint density at radius 3 is 2.29 bits per heavy atom. The summed E-state index contributed by atoms with van der Waals surface area (Å²) in [6, 6.07) is 20.5. The van der Waals surface area contributed by atoms with Crippen LogP contribution >= 0.6 is 0 Å². The first-order valence-electron chi connectivity index (χ1n) is 9.25. The molecule has 3 rings (SSSR count). The number of nitrogens with one attached hydrogen (secondary N) is 1. The van der Waals surface area contributed by atoms with Crippen molar-refractivity contribution in [2.45, 2.75) is 25.7 Å². The zero-order valence-electron chi connectivity index (χ0n) is 15.8. The number of hydrogen-bond donors (Lipinski definition) is 2. The summed E-state index contributed by atoms with van der Waals surface area (Å²) in [7, 11) is 0. The number of rotatable bonds is 8. The lowest BCUT2D eigenvalue weighted by atomic mass is 10.0. The minimum absolute atomic E-state index is 0.198. The molecular weight excluding hydrogens is 352 g/mol. The van der Waals surface area contributed by atoms with Crippen LogP contribution in [0.3, 0.4) is 0 Å². The fourth-order valence-corrected chi connectivity index (χ4v) is 2.84. The molecule has 0 aliphatic heterocycles.